The Hall–Kier alpha value is -1.69. The number of nitrogens with zero attached hydrogens (tertiary/aromatic N) is 3. The van der Waals surface area contributed by atoms with Gasteiger partial charge in [-0.05, 0) is 31.7 Å². The summed E-state index contributed by atoms with van der Waals surface area (Å²) in [5, 5.41) is 2.89. The minimum absolute atomic E-state index is 0.0436. The van der Waals surface area contributed by atoms with Crippen molar-refractivity contribution in [1.29, 1.82) is 0 Å². The second-order valence-corrected chi connectivity index (χ2v) is 5.37. The molecule has 0 bridgehead atoms. The van der Waals surface area contributed by atoms with Crippen LogP contribution in [0, 0.1) is 12.8 Å². The summed E-state index contributed by atoms with van der Waals surface area (Å²) in [6.07, 6.45) is 2.10. The van der Waals surface area contributed by atoms with Crippen LogP contribution in [0.15, 0.2) is 6.07 Å². The van der Waals surface area contributed by atoms with Gasteiger partial charge in [0.2, 0.25) is 11.9 Å². The largest absolute Gasteiger partial charge is 0.356 e. The van der Waals surface area contributed by atoms with E-state index in [9.17, 15) is 4.79 Å². The number of hydrogen-bond acceptors (Lipinski definition) is 5. The topological polar surface area (TPSA) is 84.1 Å². The van der Waals surface area contributed by atoms with Crippen LogP contribution < -0.4 is 16.0 Å². The molecule has 1 amide bonds. The van der Waals surface area contributed by atoms with Crippen molar-refractivity contribution in [3.8, 4) is 0 Å². The van der Waals surface area contributed by atoms with Crippen molar-refractivity contribution in [2.45, 2.75) is 33.2 Å². The average Bonchev–Trinajstić information content (AvgIpc) is 2.45. The van der Waals surface area contributed by atoms with Crippen molar-refractivity contribution in [1.82, 2.24) is 15.3 Å². The first kappa shape index (κ1) is 14.7. The highest BCUT2D eigenvalue weighted by Crippen LogP contribution is 2.20. The number of nitrogens with two attached hydrogens (primary N) is 1. The van der Waals surface area contributed by atoms with Gasteiger partial charge in [-0.15, -0.1) is 0 Å². The van der Waals surface area contributed by atoms with Gasteiger partial charge >= 0.3 is 0 Å². The van der Waals surface area contributed by atoms with Crippen molar-refractivity contribution in [3.63, 3.8) is 0 Å². The fourth-order valence-corrected chi connectivity index (χ4v) is 2.49. The zero-order chi connectivity index (χ0) is 14.5. The zero-order valence-corrected chi connectivity index (χ0v) is 12.2. The van der Waals surface area contributed by atoms with Crippen LogP contribution >= 0.6 is 0 Å². The summed E-state index contributed by atoms with van der Waals surface area (Å²) in [5.74, 6) is 1.37. The second kappa shape index (κ2) is 6.65. The number of carbonyl (C=O) groups excluding carboxylic acids is 1. The van der Waals surface area contributed by atoms with Gasteiger partial charge in [-0.25, -0.2) is 9.97 Å². The van der Waals surface area contributed by atoms with E-state index >= 15 is 0 Å². The maximum Gasteiger partial charge on any atom is 0.225 e. The van der Waals surface area contributed by atoms with Crippen LogP contribution in [-0.4, -0.2) is 35.5 Å². The molecule has 1 fully saturated rings. The van der Waals surface area contributed by atoms with E-state index in [-0.39, 0.29) is 5.91 Å². The molecule has 1 aromatic heterocycles. The molecule has 2 rings (SSSR count). The molecule has 3 N–H and O–H groups in total. The molecule has 1 aliphatic rings. The highest BCUT2D eigenvalue weighted by atomic mass is 16.1. The number of rotatable bonds is 4. The minimum Gasteiger partial charge on any atom is -0.356 e. The highest BCUT2D eigenvalue weighted by molar-refractivity contribution is 5.72. The Morgan fingerprint density at radius 2 is 2.15 bits per heavy atom. The standard InChI is InChI=1S/C14H23N5O/c1-10-7-13(8-15)18-14(17-10)19-5-3-12(4-6-19)9-16-11(2)20/h7,12H,3-6,8-9,15H2,1-2H3,(H,16,20). The van der Waals surface area contributed by atoms with E-state index in [0.717, 1.165) is 49.8 Å². The lowest BCUT2D eigenvalue weighted by Crippen LogP contribution is -2.39. The molecule has 0 saturated carbocycles. The van der Waals surface area contributed by atoms with E-state index in [2.05, 4.69) is 20.2 Å². The first-order valence-electron chi connectivity index (χ1n) is 7.12. The first-order chi connectivity index (χ1) is 9.58. The normalized spacial score (nSPS) is 16.2. The number of nitrogens with one attached hydrogen (secondary N) is 1. The number of carbonyl (C=O) groups is 1. The van der Waals surface area contributed by atoms with Crippen molar-refractivity contribution in [3.05, 3.63) is 17.5 Å². The van der Waals surface area contributed by atoms with Gasteiger partial charge in [0.1, 0.15) is 0 Å². The fourth-order valence-electron chi connectivity index (χ4n) is 2.49. The molecular weight excluding hydrogens is 254 g/mol. The number of anilines is 1. The molecule has 6 heteroatoms. The van der Waals surface area contributed by atoms with Crippen molar-refractivity contribution in [2.75, 3.05) is 24.5 Å². The number of hydrogen-bond donors (Lipinski definition) is 2. The number of amides is 1. The Morgan fingerprint density at radius 1 is 1.45 bits per heavy atom. The van der Waals surface area contributed by atoms with Gasteiger partial charge in [0.05, 0.1) is 5.69 Å². The average molecular weight is 277 g/mol. The van der Waals surface area contributed by atoms with Gasteiger partial charge in [-0.2, -0.15) is 0 Å². The highest BCUT2D eigenvalue weighted by Gasteiger charge is 2.21. The summed E-state index contributed by atoms with van der Waals surface area (Å²) in [7, 11) is 0. The second-order valence-electron chi connectivity index (χ2n) is 5.37. The molecule has 0 unspecified atom stereocenters. The smallest absolute Gasteiger partial charge is 0.225 e. The maximum atomic E-state index is 10.9. The van der Waals surface area contributed by atoms with E-state index in [4.69, 9.17) is 5.73 Å². The Bertz CT molecular complexity index is 469. The van der Waals surface area contributed by atoms with E-state index in [1.165, 1.54) is 0 Å². The summed E-state index contributed by atoms with van der Waals surface area (Å²) in [6, 6.07) is 1.92. The first-order valence-corrected chi connectivity index (χ1v) is 7.12. The van der Waals surface area contributed by atoms with Crippen LogP contribution in [0.25, 0.3) is 0 Å². The molecule has 1 aliphatic heterocycles. The molecular formula is C14H23N5O. The van der Waals surface area contributed by atoms with Gasteiger partial charge in [0.15, 0.2) is 0 Å². The number of piperidine rings is 1. The van der Waals surface area contributed by atoms with Crippen LogP contribution in [0.5, 0.6) is 0 Å². The molecule has 20 heavy (non-hydrogen) atoms. The summed E-state index contributed by atoms with van der Waals surface area (Å²) < 4.78 is 0. The zero-order valence-electron chi connectivity index (χ0n) is 12.2. The molecule has 1 aromatic rings. The van der Waals surface area contributed by atoms with E-state index in [1.807, 2.05) is 13.0 Å². The molecule has 0 aliphatic carbocycles. The number of aromatic nitrogens is 2. The minimum atomic E-state index is 0.0436. The van der Waals surface area contributed by atoms with Crippen LogP contribution in [0.4, 0.5) is 5.95 Å². The Morgan fingerprint density at radius 3 is 2.75 bits per heavy atom. The van der Waals surface area contributed by atoms with Crippen molar-refractivity contribution >= 4 is 11.9 Å². The van der Waals surface area contributed by atoms with Crippen LogP contribution in [0.1, 0.15) is 31.2 Å². The maximum absolute atomic E-state index is 10.9. The molecule has 1 saturated heterocycles. The van der Waals surface area contributed by atoms with Crippen LogP contribution in [0.3, 0.4) is 0 Å². The fraction of sp³-hybridized carbons (Fsp3) is 0.643. The van der Waals surface area contributed by atoms with Crippen LogP contribution in [-0.2, 0) is 11.3 Å². The van der Waals surface area contributed by atoms with Gasteiger partial charge in [-0.1, -0.05) is 0 Å². The van der Waals surface area contributed by atoms with E-state index < -0.39 is 0 Å². The summed E-state index contributed by atoms with van der Waals surface area (Å²) in [5.41, 5.74) is 7.49. The lowest BCUT2D eigenvalue weighted by Gasteiger charge is -2.32. The van der Waals surface area contributed by atoms with Gasteiger partial charge in [0.25, 0.3) is 0 Å². The molecule has 110 valence electrons. The third-order valence-electron chi connectivity index (χ3n) is 3.64. The third-order valence-corrected chi connectivity index (χ3v) is 3.64. The van der Waals surface area contributed by atoms with Gasteiger partial charge in [-0.3, -0.25) is 4.79 Å². The van der Waals surface area contributed by atoms with Gasteiger partial charge < -0.3 is 16.0 Å². The summed E-state index contributed by atoms with van der Waals surface area (Å²) >= 11 is 0. The molecule has 0 spiro atoms. The third kappa shape index (κ3) is 3.90. The lowest BCUT2D eigenvalue weighted by molar-refractivity contribution is -0.119. The molecule has 0 radical (unpaired) electrons. The van der Waals surface area contributed by atoms with Crippen molar-refractivity contribution in [2.24, 2.45) is 11.7 Å². The Kier molecular flexibility index (Phi) is 4.89. The van der Waals surface area contributed by atoms with Crippen LogP contribution in [0.2, 0.25) is 0 Å². The molecule has 2 heterocycles. The summed E-state index contributed by atoms with van der Waals surface area (Å²) in [4.78, 5) is 22.1. The predicted molar refractivity (Wildman–Crippen MR) is 78.3 cm³/mol. The molecule has 6 nitrogen and oxygen atoms in total. The quantitative estimate of drug-likeness (QED) is 0.842. The lowest BCUT2D eigenvalue weighted by atomic mass is 9.97. The Labute approximate surface area is 119 Å². The number of aryl methyl sites for hydroxylation is 1. The Balaban J connectivity index is 1.93. The SMILES string of the molecule is CC(=O)NCC1CCN(c2nc(C)cc(CN)n2)CC1. The predicted octanol–water partition coefficient (Wildman–Crippen LogP) is 0.596. The van der Waals surface area contributed by atoms with E-state index in [1.54, 1.807) is 6.92 Å². The molecule has 0 atom stereocenters. The van der Waals surface area contributed by atoms with Crippen molar-refractivity contribution < 1.29 is 4.79 Å². The monoisotopic (exact) mass is 277 g/mol. The summed E-state index contributed by atoms with van der Waals surface area (Å²) in [6.45, 7) is 6.59. The van der Waals surface area contributed by atoms with Gasteiger partial charge in [0, 0.05) is 38.8 Å². The van der Waals surface area contributed by atoms with E-state index in [0.29, 0.717) is 12.5 Å². The molecule has 0 aromatic carbocycles.